The largest absolute Gasteiger partial charge is 0.291 e. The molecule has 1 N–H and O–H groups in total. The van der Waals surface area contributed by atoms with Gasteiger partial charge in [0.25, 0.3) is 0 Å². The molecule has 1 fully saturated rings. The van der Waals surface area contributed by atoms with Crippen LogP contribution in [0.4, 0.5) is 0 Å². The minimum atomic E-state index is 0.354. The molecule has 0 saturated carbocycles. The number of nitrogens with one attached hydrogen (secondary N) is 1. The third kappa shape index (κ3) is 1.15. The first-order valence-corrected chi connectivity index (χ1v) is 3.15. The number of likely N-dealkylation sites (N-methyl/N-ethyl adjacent to an activating group) is 1. The van der Waals surface area contributed by atoms with Crippen LogP contribution in [0.1, 0.15) is 0 Å². The summed E-state index contributed by atoms with van der Waals surface area (Å²) in [6.07, 6.45) is 0. The predicted octanol–water partition coefficient (Wildman–Crippen LogP) is 0.362. The second-order valence-electron chi connectivity index (χ2n) is 1.59. The lowest BCUT2D eigenvalue weighted by Crippen LogP contribution is -2.24. The summed E-state index contributed by atoms with van der Waals surface area (Å²) in [4.78, 5) is 2.08. The molecular weight excluding hydrogens is 156 g/mol. The van der Waals surface area contributed by atoms with Crippen LogP contribution >= 0.6 is 15.9 Å². The molecule has 1 atom stereocenters. The van der Waals surface area contributed by atoms with Crippen molar-refractivity contribution in [1.82, 2.24) is 10.2 Å². The van der Waals surface area contributed by atoms with E-state index >= 15 is 0 Å². The molecule has 41 valence electrons. The Hall–Kier alpha value is 0.400. The van der Waals surface area contributed by atoms with E-state index in [0.29, 0.717) is 5.08 Å². The second kappa shape index (κ2) is 2.11. The molecule has 0 spiro atoms. The molecule has 1 unspecified atom stereocenters. The zero-order valence-electron chi connectivity index (χ0n) is 4.19. The maximum atomic E-state index is 3.39. The highest BCUT2D eigenvalue weighted by molar-refractivity contribution is 9.09. The van der Waals surface area contributed by atoms with Crippen LogP contribution in [0.2, 0.25) is 0 Å². The summed E-state index contributed by atoms with van der Waals surface area (Å²) in [7, 11) is 2.03. The van der Waals surface area contributed by atoms with Gasteiger partial charge in [0.2, 0.25) is 0 Å². The lowest BCUT2D eigenvalue weighted by atomic mass is 10.7. The molecule has 1 aliphatic rings. The van der Waals surface area contributed by atoms with Crippen molar-refractivity contribution < 1.29 is 0 Å². The molecule has 0 aliphatic carbocycles. The van der Waals surface area contributed by atoms with Gasteiger partial charge in [0, 0.05) is 13.1 Å². The Kier molecular flexibility index (Phi) is 1.67. The van der Waals surface area contributed by atoms with Crippen molar-refractivity contribution in [2.75, 3.05) is 13.6 Å². The number of alkyl halides is 1. The standard InChI is InChI=1S/C4H8BrN2/c1-7-3-2-6-4(7)5/h3-4,6H,2H2,1H3. The molecule has 7 heavy (non-hydrogen) atoms. The topological polar surface area (TPSA) is 15.3 Å². The van der Waals surface area contributed by atoms with Crippen LogP contribution in [0.3, 0.4) is 0 Å². The van der Waals surface area contributed by atoms with Crippen LogP contribution in [0.5, 0.6) is 0 Å². The van der Waals surface area contributed by atoms with Gasteiger partial charge in [-0.3, -0.25) is 10.2 Å². The molecule has 1 rings (SSSR count). The molecule has 0 aromatic heterocycles. The highest BCUT2D eigenvalue weighted by Crippen LogP contribution is 2.07. The minimum Gasteiger partial charge on any atom is -0.291 e. The van der Waals surface area contributed by atoms with Gasteiger partial charge < -0.3 is 0 Å². The van der Waals surface area contributed by atoms with E-state index in [0.717, 1.165) is 6.54 Å². The van der Waals surface area contributed by atoms with Crippen LogP contribution in [0, 0.1) is 6.54 Å². The highest BCUT2D eigenvalue weighted by Gasteiger charge is 2.15. The predicted molar refractivity (Wildman–Crippen MR) is 32.8 cm³/mol. The normalized spacial score (nSPS) is 34.3. The van der Waals surface area contributed by atoms with E-state index in [-0.39, 0.29) is 0 Å². The zero-order chi connectivity index (χ0) is 5.28. The molecule has 3 heteroatoms. The Balaban J connectivity index is 2.33. The third-order valence-electron chi connectivity index (χ3n) is 1.02. The van der Waals surface area contributed by atoms with E-state index in [9.17, 15) is 0 Å². The fourth-order valence-electron chi connectivity index (χ4n) is 0.530. The lowest BCUT2D eigenvalue weighted by Gasteiger charge is -2.09. The van der Waals surface area contributed by atoms with E-state index in [2.05, 4.69) is 32.7 Å². The smallest absolute Gasteiger partial charge is 0.118 e. The molecule has 1 saturated heterocycles. The van der Waals surface area contributed by atoms with Gasteiger partial charge in [-0.05, 0) is 7.05 Å². The highest BCUT2D eigenvalue weighted by atomic mass is 79.9. The molecular formula is C4H8BrN2. The average molecular weight is 164 g/mol. The Morgan fingerprint density at radius 2 is 2.71 bits per heavy atom. The zero-order valence-corrected chi connectivity index (χ0v) is 5.77. The van der Waals surface area contributed by atoms with Gasteiger partial charge in [-0.1, -0.05) is 15.9 Å². The van der Waals surface area contributed by atoms with Crippen molar-refractivity contribution >= 4 is 15.9 Å². The van der Waals surface area contributed by atoms with Gasteiger partial charge in [-0.15, -0.1) is 0 Å². The Morgan fingerprint density at radius 1 is 2.00 bits per heavy atom. The number of rotatable bonds is 0. The fourth-order valence-corrected chi connectivity index (χ4v) is 0.885. The van der Waals surface area contributed by atoms with Gasteiger partial charge in [-0.25, -0.2) is 0 Å². The lowest BCUT2D eigenvalue weighted by molar-refractivity contribution is 0.432. The van der Waals surface area contributed by atoms with E-state index in [1.165, 1.54) is 0 Å². The minimum absolute atomic E-state index is 0.354. The van der Waals surface area contributed by atoms with E-state index in [4.69, 9.17) is 0 Å². The summed E-state index contributed by atoms with van der Waals surface area (Å²) in [6.45, 7) is 3.08. The molecule has 1 aliphatic heterocycles. The first-order chi connectivity index (χ1) is 3.30. The quantitative estimate of drug-likeness (QED) is 0.410. The summed E-state index contributed by atoms with van der Waals surface area (Å²) in [5.74, 6) is 0. The first-order valence-electron chi connectivity index (χ1n) is 2.23. The van der Waals surface area contributed by atoms with Crippen molar-refractivity contribution in [3.63, 3.8) is 0 Å². The van der Waals surface area contributed by atoms with E-state index < -0.39 is 0 Å². The fraction of sp³-hybridized carbons (Fsp3) is 0.750. The van der Waals surface area contributed by atoms with Gasteiger partial charge in [0.15, 0.2) is 0 Å². The molecule has 1 radical (unpaired) electrons. The molecule has 0 bridgehead atoms. The van der Waals surface area contributed by atoms with Gasteiger partial charge in [0.1, 0.15) is 5.08 Å². The first kappa shape index (κ1) is 5.54. The molecule has 0 aromatic carbocycles. The van der Waals surface area contributed by atoms with Crippen molar-refractivity contribution in [3.05, 3.63) is 6.54 Å². The molecule has 1 heterocycles. The van der Waals surface area contributed by atoms with Gasteiger partial charge >= 0.3 is 0 Å². The van der Waals surface area contributed by atoms with Crippen molar-refractivity contribution in [1.29, 1.82) is 0 Å². The van der Waals surface area contributed by atoms with Crippen LogP contribution in [-0.2, 0) is 0 Å². The van der Waals surface area contributed by atoms with Crippen LogP contribution in [0.25, 0.3) is 0 Å². The molecule has 0 aromatic rings. The summed E-state index contributed by atoms with van der Waals surface area (Å²) in [5, 5.41) is 3.51. The van der Waals surface area contributed by atoms with E-state index in [1.807, 2.05) is 7.05 Å². The number of hydrogen-bond acceptors (Lipinski definition) is 2. The molecule has 0 amide bonds. The van der Waals surface area contributed by atoms with Crippen LogP contribution in [0.15, 0.2) is 0 Å². The van der Waals surface area contributed by atoms with Crippen LogP contribution in [-0.4, -0.2) is 23.6 Å². The summed E-state index contributed by atoms with van der Waals surface area (Å²) < 4.78 is 0. The second-order valence-corrected chi connectivity index (χ2v) is 2.46. The summed E-state index contributed by atoms with van der Waals surface area (Å²) in [5.41, 5.74) is 0. The number of hydrogen-bond donors (Lipinski definition) is 1. The van der Waals surface area contributed by atoms with Gasteiger partial charge in [0.05, 0.1) is 0 Å². The Bertz CT molecular complexity index is 58.7. The van der Waals surface area contributed by atoms with Gasteiger partial charge in [-0.2, -0.15) is 0 Å². The Morgan fingerprint density at radius 3 is 2.86 bits per heavy atom. The van der Waals surface area contributed by atoms with Crippen molar-refractivity contribution in [2.24, 2.45) is 0 Å². The third-order valence-corrected chi connectivity index (χ3v) is 1.99. The maximum absolute atomic E-state index is 3.39. The molecule has 2 nitrogen and oxygen atoms in total. The number of nitrogens with zero attached hydrogens (tertiary/aromatic N) is 1. The van der Waals surface area contributed by atoms with E-state index in [1.54, 1.807) is 0 Å². The average Bonchev–Trinajstić information content (AvgIpc) is 1.91. The summed E-state index contributed by atoms with van der Waals surface area (Å²) in [6, 6.07) is 0. The Labute approximate surface area is 52.0 Å². The SMILES string of the molecule is CN1[CH]CNC1Br. The number of halogens is 1. The summed E-state index contributed by atoms with van der Waals surface area (Å²) >= 11 is 3.39. The maximum Gasteiger partial charge on any atom is 0.118 e. The van der Waals surface area contributed by atoms with Crippen molar-refractivity contribution in [3.8, 4) is 0 Å². The van der Waals surface area contributed by atoms with Crippen LogP contribution < -0.4 is 5.32 Å². The van der Waals surface area contributed by atoms with Crippen molar-refractivity contribution in [2.45, 2.75) is 5.08 Å². The monoisotopic (exact) mass is 163 g/mol.